The van der Waals surface area contributed by atoms with E-state index in [1.807, 2.05) is 14.0 Å². The third kappa shape index (κ3) is 5.32. The normalized spacial score (nSPS) is 14.9. The minimum absolute atomic E-state index is 0.136. The molecular formula is C11H23N3O. The van der Waals surface area contributed by atoms with Gasteiger partial charge in [-0.3, -0.25) is 0 Å². The summed E-state index contributed by atoms with van der Waals surface area (Å²) in [6, 6.07) is 0.136. The lowest BCUT2D eigenvalue weighted by molar-refractivity contribution is 0.252. The van der Waals surface area contributed by atoms with Crippen LogP contribution < -0.4 is 16.4 Å². The maximum absolute atomic E-state index is 5.88. The molecule has 4 heteroatoms. The van der Waals surface area contributed by atoms with E-state index in [0.717, 1.165) is 18.7 Å². The summed E-state index contributed by atoms with van der Waals surface area (Å²) >= 11 is 0. The highest BCUT2D eigenvalue weighted by molar-refractivity contribution is 5.21. The molecule has 0 amide bonds. The zero-order chi connectivity index (χ0) is 11.7. The zero-order valence-electron chi connectivity index (χ0n) is 10.1. The van der Waals surface area contributed by atoms with E-state index in [4.69, 9.17) is 10.5 Å². The van der Waals surface area contributed by atoms with Gasteiger partial charge in [-0.2, -0.15) is 0 Å². The smallest absolute Gasteiger partial charge is 0.135 e. The number of hydrogen-bond acceptors (Lipinski definition) is 4. The Hall–Kier alpha value is -1.16. The van der Waals surface area contributed by atoms with Gasteiger partial charge in [-0.25, -0.2) is 0 Å². The molecule has 0 saturated heterocycles. The fourth-order valence-electron chi connectivity index (χ4n) is 1.25. The molecule has 4 nitrogen and oxygen atoms in total. The Balaban J connectivity index is 4.48. The third-order valence-corrected chi connectivity index (χ3v) is 2.03. The standard InChI is InChI=1S/C11H23N3O/c1-5-7-14-9(2)11(15-4)10(12)6-8-13-3/h6,8-9,13-14H,5,7,12H2,1-4H3/b8-6-,11-10-. The molecule has 88 valence electrons. The Bertz CT molecular complexity index is 224. The Morgan fingerprint density at radius 2 is 2.20 bits per heavy atom. The molecule has 1 atom stereocenters. The first kappa shape index (κ1) is 13.8. The second kappa shape index (κ2) is 8.17. The summed E-state index contributed by atoms with van der Waals surface area (Å²) in [4.78, 5) is 0. The number of nitrogens with one attached hydrogen (secondary N) is 2. The number of hydrogen-bond donors (Lipinski definition) is 3. The van der Waals surface area contributed by atoms with Gasteiger partial charge in [-0.1, -0.05) is 6.92 Å². The summed E-state index contributed by atoms with van der Waals surface area (Å²) < 4.78 is 5.28. The summed E-state index contributed by atoms with van der Waals surface area (Å²) in [6.07, 6.45) is 4.66. The molecule has 0 radical (unpaired) electrons. The zero-order valence-corrected chi connectivity index (χ0v) is 10.1. The van der Waals surface area contributed by atoms with E-state index in [0.29, 0.717) is 5.70 Å². The fourth-order valence-corrected chi connectivity index (χ4v) is 1.25. The van der Waals surface area contributed by atoms with E-state index in [1.165, 1.54) is 0 Å². The molecule has 0 aromatic carbocycles. The van der Waals surface area contributed by atoms with Crippen LogP contribution in [0.1, 0.15) is 20.3 Å². The predicted molar refractivity (Wildman–Crippen MR) is 64.2 cm³/mol. The predicted octanol–water partition coefficient (Wildman–Crippen LogP) is 0.924. The summed E-state index contributed by atoms with van der Waals surface area (Å²) in [6.45, 7) is 5.12. The molecule has 0 fully saturated rings. The lowest BCUT2D eigenvalue weighted by Gasteiger charge is -2.17. The highest BCUT2D eigenvalue weighted by Crippen LogP contribution is 2.07. The highest BCUT2D eigenvalue weighted by Gasteiger charge is 2.10. The van der Waals surface area contributed by atoms with Crippen LogP contribution in [-0.2, 0) is 4.74 Å². The van der Waals surface area contributed by atoms with Crippen LogP contribution in [0.3, 0.4) is 0 Å². The first-order chi connectivity index (χ1) is 7.17. The Morgan fingerprint density at radius 1 is 1.53 bits per heavy atom. The number of nitrogens with two attached hydrogens (primary N) is 1. The topological polar surface area (TPSA) is 59.3 Å². The second-order valence-electron chi connectivity index (χ2n) is 3.32. The van der Waals surface area contributed by atoms with E-state index in [-0.39, 0.29) is 6.04 Å². The second-order valence-corrected chi connectivity index (χ2v) is 3.32. The van der Waals surface area contributed by atoms with E-state index in [2.05, 4.69) is 17.6 Å². The highest BCUT2D eigenvalue weighted by atomic mass is 16.5. The molecule has 0 aromatic rings. The van der Waals surface area contributed by atoms with Gasteiger partial charge in [0, 0.05) is 7.05 Å². The minimum atomic E-state index is 0.136. The van der Waals surface area contributed by atoms with E-state index in [9.17, 15) is 0 Å². The molecule has 0 aliphatic carbocycles. The average Bonchev–Trinajstić information content (AvgIpc) is 2.24. The molecule has 0 spiro atoms. The molecule has 15 heavy (non-hydrogen) atoms. The van der Waals surface area contributed by atoms with Crippen LogP contribution in [0.4, 0.5) is 0 Å². The number of ether oxygens (including phenoxy) is 1. The number of rotatable bonds is 7. The third-order valence-electron chi connectivity index (χ3n) is 2.03. The molecule has 4 N–H and O–H groups in total. The maximum Gasteiger partial charge on any atom is 0.135 e. The molecule has 0 heterocycles. The Kier molecular flexibility index (Phi) is 7.54. The molecule has 0 aliphatic heterocycles. The van der Waals surface area contributed by atoms with Crippen LogP contribution in [0, 0.1) is 0 Å². The van der Waals surface area contributed by atoms with E-state index < -0.39 is 0 Å². The van der Waals surface area contributed by atoms with Crippen LogP contribution in [0.15, 0.2) is 23.7 Å². The molecular weight excluding hydrogens is 190 g/mol. The van der Waals surface area contributed by atoms with E-state index in [1.54, 1.807) is 19.4 Å². The van der Waals surface area contributed by atoms with Crippen molar-refractivity contribution in [1.82, 2.24) is 10.6 Å². The van der Waals surface area contributed by atoms with Crippen LogP contribution in [-0.4, -0.2) is 26.7 Å². The minimum Gasteiger partial charge on any atom is -0.497 e. The van der Waals surface area contributed by atoms with Gasteiger partial charge in [-0.05, 0) is 32.2 Å². The van der Waals surface area contributed by atoms with Gasteiger partial charge < -0.3 is 21.1 Å². The van der Waals surface area contributed by atoms with Gasteiger partial charge >= 0.3 is 0 Å². The van der Waals surface area contributed by atoms with Crippen molar-refractivity contribution in [3.63, 3.8) is 0 Å². The van der Waals surface area contributed by atoms with Gasteiger partial charge in [0.2, 0.25) is 0 Å². The number of allylic oxidation sites excluding steroid dienone is 1. The molecule has 1 unspecified atom stereocenters. The van der Waals surface area contributed by atoms with Crippen molar-refractivity contribution in [3.05, 3.63) is 23.7 Å². The first-order valence-electron chi connectivity index (χ1n) is 5.28. The van der Waals surface area contributed by atoms with Crippen LogP contribution in [0.25, 0.3) is 0 Å². The van der Waals surface area contributed by atoms with Gasteiger partial charge in [0.25, 0.3) is 0 Å². The Morgan fingerprint density at radius 3 is 2.67 bits per heavy atom. The quantitative estimate of drug-likeness (QED) is 0.435. The lowest BCUT2D eigenvalue weighted by Crippen LogP contribution is -2.31. The van der Waals surface area contributed by atoms with Crippen LogP contribution >= 0.6 is 0 Å². The SMILES string of the molecule is CCCNC(C)/C(OC)=C(N)\C=C/NC. The van der Waals surface area contributed by atoms with Gasteiger partial charge in [0.05, 0.1) is 18.8 Å². The van der Waals surface area contributed by atoms with Crippen molar-refractivity contribution in [2.24, 2.45) is 5.73 Å². The number of methoxy groups -OCH3 is 1. The molecule has 0 rings (SSSR count). The van der Waals surface area contributed by atoms with Crippen molar-refractivity contribution < 1.29 is 4.74 Å². The summed E-state index contributed by atoms with van der Waals surface area (Å²) in [5.74, 6) is 0.773. The van der Waals surface area contributed by atoms with Gasteiger partial charge in [-0.15, -0.1) is 0 Å². The Labute approximate surface area is 92.6 Å². The summed E-state index contributed by atoms with van der Waals surface area (Å²) in [5, 5.41) is 6.21. The average molecular weight is 213 g/mol. The first-order valence-corrected chi connectivity index (χ1v) is 5.28. The summed E-state index contributed by atoms with van der Waals surface area (Å²) in [5.41, 5.74) is 6.52. The van der Waals surface area contributed by atoms with Gasteiger partial charge in [0.15, 0.2) is 0 Å². The van der Waals surface area contributed by atoms with Crippen LogP contribution in [0.5, 0.6) is 0 Å². The van der Waals surface area contributed by atoms with Crippen molar-refractivity contribution in [2.75, 3.05) is 20.7 Å². The molecule has 0 bridgehead atoms. The largest absolute Gasteiger partial charge is 0.497 e. The van der Waals surface area contributed by atoms with Crippen LogP contribution in [0.2, 0.25) is 0 Å². The van der Waals surface area contributed by atoms with Crippen molar-refractivity contribution in [3.8, 4) is 0 Å². The van der Waals surface area contributed by atoms with E-state index >= 15 is 0 Å². The molecule has 0 saturated carbocycles. The van der Waals surface area contributed by atoms with Crippen molar-refractivity contribution in [2.45, 2.75) is 26.3 Å². The lowest BCUT2D eigenvalue weighted by atomic mass is 10.2. The maximum atomic E-state index is 5.88. The summed E-state index contributed by atoms with van der Waals surface area (Å²) in [7, 11) is 3.47. The van der Waals surface area contributed by atoms with Crippen molar-refractivity contribution >= 4 is 0 Å². The molecule has 0 aliphatic rings. The monoisotopic (exact) mass is 213 g/mol. The molecule has 0 aromatic heterocycles. The van der Waals surface area contributed by atoms with Gasteiger partial charge in [0.1, 0.15) is 5.76 Å². The fraction of sp³-hybridized carbons (Fsp3) is 0.636. The van der Waals surface area contributed by atoms with Crippen molar-refractivity contribution in [1.29, 1.82) is 0 Å².